The van der Waals surface area contributed by atoms with Gasteiger partial charge in [0.25, 0.3) is 5.91 Å². The van der Waals surface area contributed by atoms with Crippen molar-refractivity contribution in [1.29, 1.82) is 0 Å². The van der Waals surface area contributed by atoms with Crippen LogP contribution in [0.5, 0.6) is 11.5 Å². The van der Waals surface area contributed by atoms with E-state index in [9.17, 15) is 4.79 Å². The molecule has 2 aromatic rings. The van der Waals surface area contributed by atoms with Crippen molar-refractivity contribution < 1.29 is 23.7 Å². The predicted molar refractivity (Wildman–Crippen MR) is 128 cm³/mol. The van der Waals surface area contributed by atoms with Crippen LogP contribution in [-0.2, 0) is 9.47 Å². The summed E-state index contributed by atoms with van der Waals surface area (Å²) in [5, 5.41) is 0. The summed E-state index contributed by atoms with van der Waals surface area (Å²) in [5.74, 6) is 1.58. The van der Waals surface area contributed by atoms with E-state index in [1.54, 1.807) is 0 Å². The summed E-state index contributed by atoms with van der Waals surface area (Å²) in [7, 11) is 0. The summed E-state index contributed by atoms with van der Waals surface area (Å²) in [6, 6.07) is 17.5. The molecule has 3 aliphatic heterocycles. The number of para-hydroxylation sites is 2. The van der Waals surface area contributed by atoms with E-state index in [-0.39, 0.29) is 17.6 Å². The molecular weight excluding hydrogens is 432 g/mol. The van der Waals surface area contributed by atoms with Crippen molar-refractivity contribution in [2.45, 2.75) is 31.0 Å². The van der Waals surface area contributed by atoms with Crippen LogP contribution in [0.1, 0.15) is 29.6 Å². The molecule has 0 N–H and O–H groups in total. The lowest BCUT2D eigenvalue weighted by Gasteiger charge is -2.38. The van der Waals surface area contributed by atoms with Crippen molar-refractivity contribution in [3.8, 4) is 11.5 Å². The Kier molecular flexibility index (Phi) is 7.33. The Morgan fingerprint density at radius 2 is 1.71 bits per heavy atom. The van der Waals surface area contributed by atoms with Crippen molar-refractivity contribution >= 4 is 5.91 Å². The molecule has 3 fully saturated rings. The normalized spacial score (nSPS) is 22.6. The molecule has 0 radical (unpaired) electrons. The lowest BCUT2D eigenvalue weighted by atomic mass is 9.87. The topological polar surface area (TPSA) is 60.5 Å². The van der Waals surface area contributed by atoms with Gasteiger partial charge in [-0.2, -0.15) is 0 Å². The zero-order chi connectivity index (χ0) is 23.2. The number of likely N-dealkylation sites (tertiary alicyclic amines) is 1. The predicted octanol–water partition coefficient (Wildman–Crippen LogP) is 3.24. The molecule has 2 aromatic carbocycles. The zero-order valence-electron chi connectivity index (χ0n) is 19.7. The molecule has 3 aliphatic rings. The minimum Gasteiger partial charge on any atom is -0.491 e. The van der Waals surface area contributed by atoms with Crippen molar-refractivity contribution in [2.24, 2.45) is 0 Å². The molecule has 0 unspecified atom stereocenters. The van der Waals surface area contributed by atoms with Crippen LogP contribution in [0.4, 0.5) is 0 Å². The van der Waals surface area contributed by atoms with Crippen molar-refractivity contribution in [2.75, 3.05) is 59.2 Å². The third kappa shape index (κ3) is 5.54. The molecule has 0 aliphatic carbocycles. The molecule has 1 atom stereocenters. The molecular formula is C27H34N2O5. The second-order valence-corrected chi connectivity index (χ2v) is 9.34. The molecule has 0 bridgehead atoms. The molecule has 5 rings (SSSR count). The highest BCUT2D eigenvalue weighted by Crippen LogP contribution is 2.38. The van der Waals surface area contributed by atoms with Gasteiger partial charge >= 0.3 is 0 Å². The second kappa shape index (κ2) is 10.8. The smallest absolute Gasteiger partial charge is 0.257 e. The van der Waals surface area contributed by atoms with Crippen molar-refractivity contribution in [3.05, 3.63) is 60.2 Å². The fourth-order valence-corrected chi connectivity index (χ4v) is 5.08. The minimum atomic E-state index is -0.190. The third-order valence-corrected chi connectivity index (χ3v) is 7.07. The minimum absolute atomic E-state index is 0.0342. The van der Waals surface area contributed by atoms with Gasteiger partial charge in [0, 0.05) is 39.1 Å². The highest BCUT2D eigenvalue weighted by molar-refractivity contribution is 5.97. The summed E-state index contributed by atoms with van der Waals surface area (Å²) >= 11 is 0. The second-order valence-electron chi connectivity index (χ2n) is 9.34. The Bertz CT molecular complexity index is 939. The summed E-state index contributed by atoms with van der Waals surface area (Å²) in [5.41, 5.74) is 0.447. The molecule has 1 amide bonds. The SMILES string of the molecule is O=C(c1ccccc1OCCN1CCOCC1)N1CCC2(CC1)C[C@@H](Oc1ccccc1)CO2. The standard InChI is InChI=1S/C27H34N2O5/c30-26(24-8-4-5-9-25(24)32-19-16-28-14-17-31-18-15-28)29-12-10-27(11-13-29)20-23(21-33-27)34-22-6-2-1-3-7-22/h1-9,23H,10-21H2/t23-/m1/s1. The van der Waals surface area contributed by atoms with Gasteiger partial charge in [-0.3, -0.25) is 9.69 Å². The van der Waals surface area contributed by atoms with Crippen LogP contribution in [0.2, 0.25) is 0 Å². The van der Waals surface area contributed by atoms with E-state index in [1.807, 2.05) is 59.5 Å². The number of rotatable bonds is 7. The van der Waals surface area contributed by atoms with E-state index in [4.69, 9.17) is 18.9 Å². The number of hydrogen-bond donors (Lipinski definition) is 0. The molecule has 3 saturated heterocycles. The number of amides is 1. The Labute approximate surface area is 201 Å². The number of carbonyl (C=O) groups is 1. The molecule has 34 heavy (non-hydrogen) atoms. The highest BCUT2D eigenvalue weighted by Gasteiger charge is 2.44. The van der Waals surface area contributed by atoms with Crippen LogP contribution in [0, 0.1) is 0 Å². The van der Waals surface area contributed by atoms with E-state index in [1.165, 1.54) is 0 Å². The quantitative estimate of drug-likeness (QED) is 0.625. The van der Waals surface area contributed by atoms with Gasteiger partial charge in [-0.15, -0.1) is 0 Å². The number of carbonyl (C=O) groups excluding carboxylic acids is 1. The van der Waals surface area contributed by atoms with Crippen LogP contribution in [0.15, 0.2) is 54.6 Å². The first-order valence-corrected chi connectivity index (χ1v) is 12.4. The molecule has 7 heteroatoms. The average Bonchev–Trinajstić information content (AvgIpc) is 3.27. The van der Waals surface area contributed by atoms with E-state index in [0.717, 1.165) is 57.9 Å². The van der Waals surface area contributed by atoms with Gasteiger partial charge in [-0.1, -0.05) is 30.3 Å². The third-order valence-electron chi connectivity index (χ3n) is 7.07. The summed E-state index contributed by atoms with van der Waals surface area (Å²) < 4.78 is 23.8. The number of morpholine rings is 1. The average molecular weight is 467 g/mol. The van der Waals surface area contributed by atoms with E-state index in [2.05, 4.69) is 4.90 Å². The molecule has 7 nitrogen and oxygen atoms in total. The number of hydrogen-bond acceptors (Lipinski definition) is 6. The zero-order valence-corrected chi connectivity index (χ0v) is 19.7. The molecule has 0 aromatic heterocycles. The van der Waals surface area contributed by atoms with Gasteiger partial charge in [0.05, 0.1) is 31.0 Å². The van der Waals surface area contributed by atoms with Crippen LogP contribution in [-0.4, -0.2) is 86.6 Å². The molecule has 1 spiro atoms. The number of piperidine rings is 1. The first-order valence-electron chi connectivity index (χ1n) is 12.4. The maximum absolute atomic E-state index is 13.3. The van der Waals surface area contributed by atoms with Gasteiger partial charge in [0.1, 0.15) is 24.2 Å². The highest BCUT2D eigenvalue weighted by atomic mass is 16.6. The first kappa shape index (κ1) is 23.1. The molecule has 3 heterocycles. The van der Waals surface area contributed by atoms with Gasteiger partial charge in [0.2, 0.25) is 0 Å². The summed E-state index contributed by atoms with van der Waals surface area (Å²) in [4.78, 5) is 17.6. The fourth-order valence-electron chi connectivity index (χ4n) is 5.08. The van der Waals surface area contributed by atoms with E-state index >= 15 is 0 Å². The number of benzene rings is 2. The van der Waals surface area contributed by atoms with Crippen LogP contribution >= 0.6 is 0 Å². The summed E-state index contributed by atoms with van der Waals surface area (Å²) in [6.07, 6.45) is 2.58. The Morgan fingerprint density at radius 1 is 0.971 bits per heavy atom. The molecule has 0 saturated carbocycles. The molecule has 182 valence electrons. The van der Waals surface area contributed by atoms with Crippen LogP contribution in [0.25, 0.3) is 0 Å². The van der Waals surface area contributed by atoms with Crippen LogP contribution < -0.4 is 9.47 Å². The van der Waals surface area contributed by atoms with E-state index in [0.29, 0.717) is 37.6 Å². The Hall–Kier alpha value is -2.61. The Morgan fingerprint density at radius 3 is 2.50 bits per heavy atom. The van der Waals surface area contributed by atoms with Gasteiger partial charge in [0.15, 0.2) is 0 Å². The first-order chi connectivity index (χ1) is 16.7. The van der Waals surface area contributed by atoms with E-state index < -0.39 is 0 Å². The van der Waals surface area contributed by atoms with Gasteiger partial charge < -0.3 is 23.8 Å². The van der Waals surface area contributed by atoms with Gasteiger partial charge in [-0.25, -0.2) is 0 Å². The van der Waals surface area contributed by atoms with Crippen molar-refractivity contribution in [3.63, 3.8) is 0 Å². The monoisotopic (exact) mass is 466 g/mol. The van der Waals surface area contributed by atoms with Crippen molar-refractivity contribution in [1.82, 2.24) is 9.80 Å². The lowest BCUT2D eigenvalue weighted by molar-refractivity contribution is -0.0396. The lowest BCUT2D eigenvalue weighted by Crippen LogP contribution is -2.46. The fraction of sp³-hybridized carbons (Fsp3) is 0.519. The van der Waals surface area contributed by atoms with Crippen LogP contribution in [0.3, 0.4) is 0 Å². The Balaban J connectivity index is 1.13. The largest absolute Gasteiger partial charge is 0.491 e. The number of nitrogens with zero attached hydrogens (tertiary/aromatic N) is 2. The number of ether oxygens (including phenoxy) is 4. The summed E-state index contributed by atoms with van der Waals surface area (Å²) in [6.45, 7) is 6.76. The van der Waals surface area contributed by atoms with Gasteiger partial charge in [-0.05, 0) is 37.1 Å². The maximum Gasteiger partial charge on any atom is 0.257 e. The maximum atomic E-state index is 13.3.